The monoisotopic (exact) mass is 422 g/mol. The molecule has 1 aromatic heterocycles. The number of nitrogens with zero attached hydrogens (tertiary/aromatic N) is 3. The summed E-state index contributed by atoms with van der Waals surface area (Å²) in [6.07, 6.45) is 0. The molecule has 0 radical (unpaired) electrons. The highest BCUT2D eigenvalue weighted by Crippen LogP contribution is 2.26. The van der Waals surface area contributed by atoms with E-state index in [2.05, 4.69) is 15.5 Å². The van der Waals surface area contributed by atoms with Crippen molar-refractivity contribution in [1.29, 1.82) is 0 Å². The molecule has 2 aromatic carbocycles. The average molecular weight is 422 g/mol. The topological polar surface area (TPSA) is 105 Å². The summed E-state index contributed by atoms with van der Waals surface area (Å²) in [7, 11) is 0. The van der Waals surface area contributed by atoms with E-state index in [-0.39, 0.29) is 35.9 Å². The molecule has 1 aliphatic heterocycles. The molecular formula is C21H18N4O4S. The van der Waals surface area contributed by atoms with Crippen LogP contribution in [0.15, 0.2) is 52.9 Å². The summed E-state index contributed by atoms with van der Waals surface area (Å²) >= 11 is 0.974. The van der Waals surface area contributed by atoms with Crippen molar-refractivity contribution in [2.45, 2.75) is 6.92 Å². The van der Waals surface area contributed by atoms with Crippen molar-refractivity contribution in [3.63, 3.8) is 0 Å². The fourth-order valence-corrected chi connectivity index (χ4v) is 3.76. The molecule has 8 nitrogen and oxygen atoms in total. The molecule has 0 atom stereocenters. The van der Waals surface area contributed by atoms with Crippen LogP contribution in [0.1, 0.15) is 15.9 Å². The van der Waals surface area contributed by atoms with Crippen molar-refractivity contribution in [1.82, 2.24) is 20.4 Å². The van der Waals surface area contributed by atoms with Gasteiger partial charge in [-0.25, -0.2) is 0 Å². The number of hydrogen-bond donors (Lipinski definition) is 1. The summed E-state index contributed by atoms with van der Waals surface area (Å²) in [5.74, 6) is 0.445. The van der Waals surface area contributed by atoms with Crippen LogP contribution >= 0.6 is 11.8 Å². The highest BCUT2D eigenvalue weighted by molar-refractivity contribution is 8.14. The van der Waals surface area contributed by atoms with Gasteiger partial charge in [0.05, 0.1) is 5.75 Å². The van der Waals surface area contributed by atoms with Crippen LogP contribution in [0, 0.1) is 6.92 Å². The number of hydrogen-bond acceptors (Lipinski definition) is 7. The van der Waals surface area contributed by atoms with Crippen LogP contribution in [0.4, 0.5) is 4.79 Å². The number of carbonyl (C=O) groups is 3. The van der Waals surface area contributed by atoms with E-state index in [1.807, 2.05) is 31.2 Å². The van der Waals surface area contributed by atoms with E-state index in [0.717, 1.165) is 27.8 Å². The molecule has 3 aromatic rings. The Balaban J connectivity index is 1.38. The van der Waals surface area contributed by atoms with Gasteiger partial charge in [-0.1, -0.05) is 30.0 Å². The first-order valence-electron chi connectivity index (χ1n) is 9.28. The van der Waals surface area contributed by atoms with Crippen molar-refractivity contribution < 1.29 is 18.8 Å². The number of imide groups is 1. The number of aromatic nitrogens is 2. The van der Waals surface area contributed by atoms with E-state index in [4.69, 9.17) is 4.42 Å². The molecular weight excluding hydrogens is 404 g/mol. The lowest BCUT2D eigenvalue weighted by Gasteiger charge is -2.13. The molecule has 1 N–H and O–H groups in total. The van der Waals surface area contributed by atoms with Gasteiger partial charge in [-0.3, -0.25) is 19.3 Å². The second-order valence-corrected chi connectivity index (χ2v) is 7.59. The SMILES string of the molecule is Cc1ccccc1-c1nnc(-c2ccc(C(=O)NCCN3C(=O)CSC3=O)cc2)o1. The highest BCUT2D eigenvalue weighted by atomic mass is 32.2. The van der Waals surface area contributed by atoms with Gasteiger partial charge in [0.1, 0.15) is 0 Å². The average Bonchev–Trinajstić information content (AvgIpc) is 3.36. The van der Waals surface area contributed by atoms with Crippen LogP contribution in [0.25, 0.3) is 22.9 Å². The Labute approximate surface area is 176 Å². The van der Waals surface area contributed by atoms with E-state index < -0.39 is 0 Å². The second kappa shape index (κ2) is 8.50. The summed E-state index contributed by atoms with van der Waals surface area (Å²) < 4.78 is 5.78. The van der Waals surface area contributed by atoms with Crippen LogP contribution in [0.2, 0.25) is 0 Å². The third-order valence-corrected chi connectivity index (χ3v) is 5.51. The van der Waals surface area contributed by atoms with Crippen molar-refractivity contribution in [2.75, 3.05) is 18.8 Å². The molecule has 0 bridgehead atoms. The zero-order valence-corrected chi connectivity index (χ0v) is 16.9. The van der Waals surface area contributed by atoms with Crippen molar-refractivity contribution in [3.8, 4) is 22.9 Å². The normalized spacial score (nSPS) is 13.7. The zero-order chi connectivity index (χ0) is 21.1. The van der Waals surface area contributed by atoms with E-state index in [0.29, 0.717) is 22.9 Å². The summed E-state index contributed by atoms with van der Waals surface area (Å²) in [4.78, 5) is 36.6. The molecule has 2 heterocycles. The Morgan fingerprint density at radius 3 is 2.53 bits per heavy atom. The Kier molecular flexibility index (Phi) is 5.62. The number of thioether (sulfide) groups is 1. The van der Waals surface area contributed by atoms with Gasteiger partial charge in [-0.2, -0.15) is 0 Å². The quantitative estimate of drug-likeness (QED) is 0.650. The Morgan fingerprint density at radius 1 is 1.10 bits per heavy atom. The van der Waals surface area contributed by atoms with Gasteiger partial charge in [0.2, 0.25) is 17.7 Å². The van der Waals surface area contributed by atoms with Gasteiger partial charge in [0.25, 0.3) is 11.1 Å². The maximum absolute atomic E-state index is 12.3. The molecule has 0 unspecified atom stereocenters. The number of rotatable bonds is 6. The summed E-state index contributed by atoms with van der Waals surface area (Å²) in [5, 5.41) is 10.6. The number of nitrogens with one attached hydrogen (secondary N) is 1. The molecule has 1 aliphatic rings. The number of benzene rings is 2. The minimum atomic E-state index is -0.292. The maximum Gasteiger partial charge on any atom is 0.288 e. The Bertz CT molecular complexity index is 1090. The number of aryl methyl sites for hydroxylation is 1. The fourth-order valence-electron chi connectivity index (χ4n) is 3.01. The molecule has 152 valence electrons. The third-order valence-electron chi connectivity index (χ3n) is 4.66. The van der Waals surface area contributed by atoms with E-state index in [1.54, 1.807) is 24.3 Å². The fraction of sp³-hybridized carbons (Fsp3) is 0.190. The van der Waals surface area contributed by atoms with Crippen LogP contribution in [0.3, 0.4) is 0 Å². The molecule has 0 aliphatic carbocycles. The molecule has 0 spiro atoms. The predicted molar refractivity (Wildman–Crippen MR) is 112 cm³/mol. The molecule has 1 saturated heterocycles. The lowest BCUT2D eigenvalue weighted by atomic mass is 10.1. The summed E-state index contributed by atoms with van der Waals surface area (Å²) in [5.41, 5.74) is 3.06. The molecule has 30 heavy (non-hydrogen) atoms. The first-order valence-corrected chi connectivity index (χ1v) is 10.3. The number of carbonyl (C=O) groups excluding carboxylic acids is 3. The lowest BCUT2D eigenvalue weighted by Crippen LogP contribution is -2.37. The third kappa shape index (κ3) is 4.11. The minimum absolute atomic E-state index is 0.162. The van der Waals surface area contributed by atoms with E-state index >= 15 is 0 Å². The van der Waals surface area contributed by atoms with Gasteiger partial charge in [-0.15, -0.1) is 10.2 Å². The molecule has 9 heteroatoms. The van der Waals surface area contributed by atoms with Crippen LogP contribution < -0.4 is 5.32 Å². The smallest absolute Gasteiger partial charge is 0.288 e. The van der Waals surface area contributed by atoms with Gasteiger partial charge < -0.3 is 9.73 Å². The van der Waals surface area contributed by atoms with Crippen molar-refractivity contribution >= 4 is 28.8 Å². The molecule has 4 rings (SSSR count). The molecule has 0 saturated carbocycles. The largest absolute Gasteiger partial charge is 0.416 e. The van der Waals surface area contributed by atoms with Crippen molar-refractivity contribution in [3.05, 3.63) is 59.7 Å². The van der Waals surface area contributed by atoms with E-state index in [1.165, 1.54) is 0 Å². The predicted octanol–water partition coefficient (Wildman–Crippen LogP) is 3.14. The van der Waals surface area contributed by atoms with Crippen LogP contribution in [-0.4, -0.2) is 51.0 Å². The number of amides is 3. The van der Waals surface area contributed by atoms with Gasteiger partial charge in [-0.05, 0) is 42.8 Å². The molecule has 3 amide bonds. The van der Waals surface area contributed by atoms with Crippen molar-refractivity contribution in [2.24, 2.45) is 0 Å². The standard InChI is InChI=1S/C21H18N4O4S/c1-13-4-2-3-5-16(13)20-24-23-19(29-20)15-8-6-14(7-9-15)18(27)22-10-11-25-17(26)12-30-21(25)28/h2-9H,10-12H2,1H3,(H,22,27). The maximum atomic E-state index is 12.3. The highest BCUT2D eigenvalue weighted by Gasteiger charge is 2.29. The van der Waals surface area contributed by atoms with E-state index in [9.17, 15) is 14.4 Å². The second-order valence-electron chi connectivity index (χ2n) is 6.66. The van der Waals surface area contributed by atoms with Gasteiger partial charge >= 0.3 is 0 Å². The summed E-state index contributed by atoms with van der Waals surface area (Å²) in [6.45, 7) is 2.33. The van der Waals surface area contributed by atoms with Crippen LogP contribution in [-0.2, 0) is 4.79 Å². The Hall–Kier alpha value is -3.46. The summed E-state index contributed by atoms with van der Waals surface area (Å²) in [6, 6.07) is 14.5. The van der Waals surface area contributed by atoms with Gasteiger partial charge in [0.15, 0.2) is 0 Å². The first-order chi connectivity index (χ1) is 14.5. The Morgan fingerprint density at radius 2 is 1.83 bits per heavy atom. The lowest BCUT2D eigenvalue weighted by molar-refractivity contribution is -0.124. The minimum Gasteiger partial charge on any atom is -0.416 e. The van der Waals surface area contributed by atoms with Crippen LogP contribution in [0.5, 0.6) is 0 Å². The zero-order valence-electron chi connectivity index (χ0n) is 16.1. The molecule has 1 fully saturated rings. The van der Waals surface area contributed by atoms with Gasteiger partial charge in [0, 0.05) is 29.8 Å². The first kappa shape index (κ1) is 19.8.